The van der Waals surface area contributed by atoms with Crippen LogP contribution < -0.4 is 16.3 Å². The van der Waals surface area contributed by atoms with E-state index in [1.165, 1.54) is 18.2 Å². The summed E-state index contributed by atoms with van der Waals surface area (Å²) in [6, 6.07) is 11.1. The standard InChI is InChI=1S/C16H10ClFN2O3/c17-12-8-11(2-4-13(12)18)20-16(22)19-10-3-5-14-9(7-10)1-6-15(21)23-14/h1-8H,(H2,19,20,22). The topological polar surface area (TPSA) is 71.3 Å². The maximum Gasteiger partial charge on any atom is 0.336 e. The Kier molecular flexibility index (Phi) is 3.99. The summed E-state index contributed by atoms with van der Waals surface area (Å²) in [5.74, 6) is -0.561. The molecule has 2 aromatic carbocycles. The Balaban J connectivity index is 1.75. The second-order valence-corrected chi connectivity index (χ2v) is 5.12. The fraction of sp³-hybridized carbons (Fsp3) is 0. The van der Waals surface area contributed by atoms with Gasteiger partial charge in [-0.1, -0.05) is 11.6 Å². The minimum atomic E-state index is -0.561. The minimum absolute atomic E-state index is 0.0801. The van der Waals surface area contributed by atoms with Gasteiger partial charge in [-0.05, 0) is 42.5 Å². The summed E-state index contributed by atoms with van der Waals surface area (Å²) in [7, 11) is 0. The van der Waals surface area contributed by atoms with Crippen LogP contribution >= 0.6 is 11.6 Å². The molecular weight excluding hydrogens is 323 g/mol. The van der Waals surface area contributed by atoms with Crippen LogP contribution in [0.3, 0.4) is 0 Å². The number of carbonyl (C=O) groups excluding carboxylic acids is 1. The zero-order chi connectivity index (χ0) is 16.4. The SMILES string of the molecule is O=C(Nc1ccc(F)c(Cl)c1)Nc1ccc2oc(=O)ccc2c1. The molecule has 0 bridgehead atoms. The van der Waals surface area contributed by atoms with E-state index in [1.54, 1.807) is 24.3 Å². The first-order chi connectivity index (χ1) is 11.0. The lowest BCUT2D eigenvalue weighted by atomic mass is 10.2. The molecule has 0 aliphatic rings. The molecule has 2 N–H and O–H groups in total. The number of amides is 2. The molecule has 0 saturated heterocycles. The van der Waals surface area contributed by atoms with Gasteiger partial charge < -0.3 is 15.1 Å². The van der Waals surface area contributed by atoms with Crippen LogP contribution in [0.2, 0.25) is 5.02 Å². The number of hydrogen-bond acceptors (Lipinski definition) is 3. The average Bonchev–Trinajstić information content (AvgIpc) is 2.51. The summed E-state index contributed by atoms with van der Waals surface area (Å²) < 4.78 is 18.1. The predicted octanol–water partition coefficient (Wildman–Crippen LogP) is 4.23. The second-order valence-electron chi connectivity index (χ2n) is 4.72. The molecular formula is C16H10ClFN2O3. The van der Waals surface area contributed by atoms with Crippen molar-refractivity contribution in [1.29, 1.82) is 0 Å². The maximum absolute atomic E-state index is 13.1. The van der Waals surface area contributed by atoms with Crippen molar-refractivity contribution in [2.45, 2.75) is 0 Å². The van der Waals surface area contributed by atoms with E-state index < -0.39 is 17.5 Å². The molecule has 0 aliphatic heterocycles. The van der Waals surface area contributed by atoms with Gasteiger partial charge in [0.25, 0.3) is 0 Å². The molecule has 1 heterocycles. The average molecular weight is 333 g/mol. The number of carbonyl (C=O) groups is 1. The van der Waals surface area contributed by atoms with Gasteiger partial charge in [0.05, 0.1) is 5.02 Å². The molecule has 3 aromatic rings. The summed E-state index contributed by atoms with van der Waals surface area (Å²) in [5, 5.41) is 5.76. The molecule has 2 amide bonds. The van der Waals surface area contributed by atoms with Gasteiger partial charge in [0.1, 0.15) is 11.4 Å². The Hall–Kier alpha value is -2.86. The molecule has 0 aliphatic carbocycles. The zero-order valence-electron chi connectivity index (χ0n) is 11.6. The normalized spacial score (nSPS) is 10.5. The number of hydrogen-bond donors (Lipinski definition) is 2. The van der Waals surface area contributed by atoms with Crippen LogP contribution in [0.5, 0.6) is 0 Å². The van der Waals surface area contributed by atoms with Crippen LogP contribution in [0.15, 0.2) is 57.7 Å². The van der Waals surface area contributed by atoms with Crippen LogP contribution in [-0.2, 0) is 0 Å². The highest BCUT2D eigenvalue weighted by Gasteiger charge is 2.06. The van der Waals surface area contributed by atoms with Gasteiger partial charge in [0, 0.05) is 22.8 Å². The number of benzene rings is 2. The van der Waals surface area contributed by atoms with E-state index >= 15 is 0 Å². The van der Waals surface area contributed by atoms with Gasteiger partial charge in [0.15, 0.2) is 0 Å². The molecule has 0 radical (unpaired) electrons. The van der Waals surface area contributed by atoms with Crippen LogP contribution in [0.25, 0.3) is 11.0 Å². The van der Waals surface area contributed by atoms with Crippen molar-refractivity contribution in [3.05, 3.63) is 69.8 Å². The Morgan fingerprint density at radius 1 is 1.00 bits per heavy atom. The number of rotatable bonds is 2. The first kappa shape index (κ1) is 15.1. The highest BCUT2D eigenvalue weighted by molar-refractivity contribution is 6.31. The highest BCUT2D eigenvalue weighted by atomic mass is 35.5. The number of fused-ring (bicyclic) bond motifs is 1. The van der Waals surface area contributed by atoms with Gasteiger partial charge in [-0.15, -0.1) is 0 Å². The molecule has 0 spiro atoms. The Morgan fingerprint density at radius 3 is 2.43 bits per heavy atom. The van der Waals surface area contributed by atoms with Crippen molar-refractivity contribution in [2.24, 2.45) is 0 Å². The van der Waals surface area contributed by atoms with Gasteiger partial charge in [-0.3, -0.25) is 0 Å². The molecule has 0 fully saturated rings. The fourth-order valence-corrected chi connectivity index (χ4v) is 2.20. The van der Waals surface area contributed by atoms with Crippen molar-refractivity contribution >= 4 is 40.0 Å². The third kappa shape index (κ3) is 3.49. The van der Waals surface area contributed by atoms with E-state index in [-0.39, 0.29) is 5.02 Å². The first-order valence-corrected chi connectivity index (χ1v) is 6.96. The Bertz CT molecular complexity index is 955. The van der Waals surface area contributed by atoms with Crippen molar-refractivity contribution < 1.29 is 13.6 Å². The summed E-state index contributed by atoms with van der Waals surface area (Å²) in [4.78, 5) is 23.1. The smallest absolute Gasteiger partial charge is 0.336 e. The van der Waals surface area contributed by atoms with E-state index in [0.717, 1.165) is 6.07 Å². The van der Waals surface area contributed by atoms with E-state index in [2.05, 4.69) is 10.6 Å². The minimum Gasteiger partial charge on any atom is -0.423 e. The third-order valence-electron chi connectivity index (χ3n) is 3.05. The van der Waals surface area contributed by atoms with Gasteiger partial charge >= 0.3 is 11.7 Å². The lowest BCUT2D eigenvalue weighted by Crippen LogP contribution is -2.19. The largest absolute Gasteiger partial charge is 0.423 e. The van der Waals surface area contributed by atoms with Crippen molar-refractivity contribution in [2.75, 3.05) is 10.6 Å². The molecule has 5 nitrogen and oxygen atoms in total. The van der Waals surface area contributed by atoms with Gasteiger partial charge in [0.2, 0.25) is 0 Å². The molecule has 3 rings (SSSR count). The molecule has 0 unspecified atom stereocenters. The van der Waals surface area contributed by atoms with Crippen molar-refractivity contribution in [1.82, 2.24) is 0 Å². The molecule has 116 valence electrons. The number of halogens is 2. The number of nitrogens with one attached hydrogen (secondary N) is 2. The molecule has 1 aromatic heterocycles. The maximum atomic E-state index is 13.1. The zero-order valence-corrected chi connectivity index (χ0v) is 12.4. The van der Waals surface area contributed by atoms with E-state index in [9.17, 15) is 14.0 Å². The Morgan fingerprint density at radius 2 is 1.70 bits per heavy atom. The lowest BCUT2D eigenvalue weighted by molar-refractivity contribution is 0.262. The van der Waals surface area contributed by atoms with E-state index in [0.29, 0.717) is 22.3 Å². The first-order valence-electron chi connectivity index (χ1n) is 6.58. The van der Waals surface area contributed by atoms with Crippen LogP contribution in [0.4, 0.5) is 20.6 Å². The summed E-state index contributed by atoms with van der Waals surface area (Å²) in [6.45, 7) is 0. The third-order valence-corrected chi connectivity index (χ3v) is 3.34. The predicted molar refractivity (Wildman–Crippen MR) is 86.5 cm³/mol. The van der Waals surface area contributed by atoms with Crippen LogP contribution in [0.1, 0.15) is 0 Å². The summed E-state index contributed by atoms with van der Waals surface area (Å²) in [6.07, 6.45) is 0. The van der Waals surface area contributed by atoms with Crippen molar-refractivity contribution in [3.8, 4) is 0 Å². The Labute approximate surface area is 134 Å². The lowest BCUT2D eigenvalue weighted by Gasteiger charge is -2.08. The van der Waals surface area contributed by atoms with Gasteiger partial charge in [-0.25, -0.2) is 14.0 Å². The van der Waals surface area contributed by atoms with Crippen LogP contribution in [-0.4, -0.2) is 6.03 Å². The second kappa shape index (κ2) is 6.10. The quantitative estimate of drug-likeness (QED) is 0.690. The monoisotopic (exact) mass is 332 g/mol. The van der Waals surface area contributed by atoms with E-state index in [4.69, 9.17) is 16.0 Å². The van der Waals surface area contributed by atoms with Crippen molar-refractivity contribution in [3.63, 3.8) is 0 Å². The van der Waals surface area contributed by atoms with Crippen LogP contribution in [0, 0.1) is 5.82 Å². The fourth-order valence-electron chi connectivity index (χ4n) is 2.02. The van der Waals surface area contributed by atoms with Gasteiger partial charge in [-0.2, -0.15) is 0 Å². The summed E-state index contributed by atoms with van der Waals surface area (Å²) >= 11 is 5.65. The van der Waals surface area contributed by atoms with E-state index in [1.807, 2.05) is 0 Å². The molecule has 0 saturated carbocycles. The number of anilines is 2. The highest BCUT2D eigenvalue weighted by Crippen LogP contribution is 2.20. The molecule has 7 heteroatoms. The number of urea groups is 1. The summed E-state index contributed by atoms with van der Waals surface area (Å²) in [5.41, 5.74) is 0.857. The molecule has 0 atom stereocenters. The molecule has 23 heavy (non-hydrogen) atoms.